The number of carbonyl (C=O) groups is 4. The number of hydrogen-bond donors (Lipinski definition) is 2. The number of amides is 3. The smallest absolute Gasteiger partial charge is 0.414 e. The Balaban J connectivity index is 1.28. The number of hydrogen-bond acceptors (Lipinski definition) is 9. The van der Waals surface area contributed by atoms with Crippen LogP contribution in [0.15, 0.2) is 41.8 Å². The van der Waals surface area contributed by atoms with Gasteiger partial charge < -0.3 is 19.7 Å². The maximum Gasteiger partial charge on any atom is 0.414 e. The molecule has 36 heavy (non-hydrogen) atoms. The molecule has 0 radical (unpaired) electrons. The molecule has 4 rings (SSSR count). The van der Waals surface area contributed by atoms with E-state index in [1.165, 1.54) is 21.1 Å². The van der Waals surface area contributed by atoms with Crippen LogP contribution in [0.25, 0.3) is 0 Å². The fourth-order valence-corrected chi connectivity index (χ4v) is 4.64. The maximum absolute atomic E-state index is 12.5. The van der Waals surface area contributed by atoms with Crippen molar-refractivity contribution < 1.29 is 28.7 Å². The predicted molar refractivity (Wildman–Crippen MR) is 132 cm³/mol. The van der Waals surface area contributed by atoms with E-state index in [2.05, 4.69) is 5.32 Å². The third kappa shape index (κ3) is 6.07. The number of anilines is 1. The zero-order chi connectivity index (χ0) is 25.7. The summed E-state index contributed by atoms with van der Waals surface area (Å²) in [5.41, 5.74) is 1.12. The van der Waals surface area contributed by atoms with Crippen molar-refractivity contribution in [1.29, 1.82) is 5.41 Å². The van der Waals surface area contributed by atoms with Crippen molar-refractivity contribution in [1.82, 2.24) is 15.1 Å². The molecule has 3 amide bonds. The highest BCUT2D eigenvalue weighted by molar-refractivity contribution is 7.12. The first kappa shape index (κ1) is 25.3. The Morgan fingerprint density at radius 1 is 1.19 bits per heavy atom. The second kappa shape index (κ2) is 11.3. The quantitative estimate of drug-likeness (QED) is 0.311. The zero-order valence-corrected chi connectivity index (χ0v) is 20.6. The molecule has 12 heteroatoms. The van der Waals surface area contributed by atoms with Crippen LogP contribution in [0.1, 0.15) is 22.2 Å². The molecule has 1 aromatic heterocycles. The first-order chi connectivity index (χ1) is 17.3. The fraction of sp³-hybridized carbons (Fsp3) is 0.375. The van der Waals surface area contributed by atoms with Gasteiger partial charge in [0.2, 0.25) is 5.91 Å². The molecule has 190 valence electrons. The van der Waals surface area contributed by atoms with Crippen LogP contribution in [0.5, 0.6) is 0 Å². The Morgan fingerprint density at radius 2 is 1.97 bits per heavy atom. The summed E-state index contributed by atoms with van der Waals surface area (Å²) in [6, 6.07) is 10.2. The van der Waals surface area contributed by atoms with Gasteiger partial charge in [-0.05, 0) is 42.6 Å². The Kier molecular flexibility index (Phi) is 7.96. The van der Waals surface area contributed by atoms with Gasteiger partial charge in [-0.25, -0.2) is 4.79 Å². The number of nitrogens with one attached hydrogen (secondary N) is 2. The topological polar surface area (TPSA) is 132 Å². The average molecular weight is 514 g/mol. The van der Waals surface area contributed by atoms with E-state index in [1.54, 1.807) is 48.7 Å². The number of carbonyl (C=O) groups excluding carboxylic acids is 4. The molecule has 11 nitrogen and oxygen atoms in total. The van der Waals surface area contributed by atoms with Gasteiger partial charge >= 0.3 is 12.1 Å². The number of benzene rings is 1. The summed E-state index contributed by atoms with van der Waals surface area (Å²) in [5.74, 6) is -0.968. The fourth-order valence-electron chi connectivity index (χ4n) is 4.02. The summed E-state index contributed by atoms with van der Waals surface area (Å²) in [4.78, 5) is 54.1. The maximum atomic E-state index is 12.5. The Morgan fingerprint density at radius 3 is 2.64 bits per heavy atom. The van der Waals surface area contributed by atoms with Crippen LogP contribution in [0, 0.1) is 5.41 Å². The molecule has 1 aromatic carbocycles. The van der Waals surface area contributed by atoms with Crippen LogP contribution in [0.4, 0.5) is 10.5 Å². The molecule has 2 aromatic rings. The Bertz CT molecular complexity index is 1140. The molecule has 3 heterocycles. The monoisotopic (exact) mass is 513 g/mol. The van der Waals surface area contributed by atoms with E-state index in [1.807, 2.05) is 4.90 Å². The lowest BCUT2D eigenvalue weighted by Gasteiger charge is -2.34. The second-order valence-corrected chi connectivity index (χ2v) is 9.27. The van der Waals surface area contributed by atoms with E-state index in [0.29, 0.717) is 42.3 Å². The van der Waals surface area contributed by atoms with Gasteiger partial charge in [0.15, 0.2) is 0 Å². The summed E-state index contributed by atoms with van der Waals surface area (Å²) < 4.78 is 10.4. The van der Waals surface area contributed by atoms with Crippen LogP contribution in [0.3, 0.4) is 0 Å². The van der Waals surface area contributed by atoms with Gasteiger partial charge in [-0.1, -0.05) is 6.07 Å². The van der Waals surface area contributed by atoms with E-state index in [9.17, 15) is 19.2 Å². The molecule has 2 aliphatic rings. The van der Waals surface area contributed by atoms with Gasteiger partial charge in [0.1, 0.15) is 18.5 Å². The summed E-state index contributed by atoms with van der Waals surface area (Å²) in [6.45, 7) is 3.76. The molecular weight excluding hydrogens is 486 g/mol. The third-order valence-electron chi connectivity index (χ3n) is 5.81. The second-order valence-electron chi connectivity index (χ2n) is 8.33. The minimum Gasteiger partial charge on any atom is -0.465 e. The number of rotatable bonds is 8. The lowest BCUT2D eigenvalue weighted by atomic mass is 10.1. The SMILES string of the molecule is CCOC(=O)CN1CCN(CC2CN(c3ccc(C(=N)NC(=O)c4cccs4)cc3)C(=O)O2)CC1=O. The minimum atomic E-state index is -0.485. The van der Waals surface area contributed by atoms with Gasteiger partial charge in [-0.3, -0.25) is 29.6 Å². The molecule has 1 unspecified atom stereocenters. The predicted octanol–water partition coefficient (Wildman–Crippen LogP) is 1.54. The molecule has 1 atom stereocenters. The summed E-state index contributed by atoms with van der Waals surface area (Å²) in [5, 5.41) is 12.5. The Labute approximate surface area is 212 Å². The highest BCUT2D eigenvalue weighted by atomic mass is 32.1. The molecule has 2 saturated heterocycles. The minimum absolute atomic E-state index is 0.0337. The number of amidine groups is 1. The van der Waals surface area contributed by atoms with Crippen LogP contribution >= 0.6 is 11.3 Å². The van der Waals surface area contributed by atoms with Crippen molar-refractivity contribution >= 4 is 46.7 Å². The Hall–Kier alpha value is -3.77. The molecule has 0 bridgehead atoms. The van der Waals surface area contributed by atoms with Crippen LogP contribution in [-0.2, 0) is 19.1 Å². The standard InChI is InChI=1S/C24H27N5O6S/c1-2-34-21(31)15-28-10-9-27(14-20(28)30)12-18-13-29(24(33)35-18)17-7-5-16(6-8-17)22(25)26-23(32)19-4-3-11-36-19/h3-8,11,18H,2,9-10,12-15H2,1H3,(H2,25,26,32). The normalized spacial score (nSPS) is 18.2. The molecule has 2 N–H and O–H groups in total. The van der Waals surface area contributed by atoms with Crippen molar-refractivity contribution in [2.24, 2.45) is 0 Å². The summed E-state index contributed by atoms with van der Waals surface area (Å²) in [6.07, 6.45) is -0.897. The zero-order valence-electron chi connectivity index (χ0n) is 19.8. The van der Waals surface area contributed by atoms with Gasteiger partial charge in [-0.15, -0.1) is 11.3 Å². The number of nitrogens with zero attached hydrogens (tertiary/aromatic N) is 3. The van der Waals surface area contributed by atoms with Gasteiger partial charge in [0, 0.05) is 30.9 Å². The molecule has 2 aliphatic heterocycles. The molecule has 0 aliphatic carbocycles. The van der Waals surface area contributed by atoms with E-state index in [4.69, 9.17) is 14.9 Å². The van der Waals surface area contributed by atoms with Crippen molar-refractivity contribution in [3.8, 4) is 0 Å². The van der Waals surface area contributed by atoms with Crippen LogP contribution < -0.4 is 10.2 Å². The van der Waals surface area contributed by atoms with Crippen molar-refractivity contribution in [3.05, 3.63) is 52.2 Å². The lowest BCUT2D eigenvalue weighted by Crippen LogP contribution is -2.53. The number of piperazine rings is 1. The number of esters is 1. The van der Waals surface area contributed by atoms with E-state index in [-0.39, 0.29) is 37.3 Å². The molecule has 2 fully saturated rings. The molecule has 0 spiro atoms. The highest BCUT2D eigenvalue weighted by Gasteiger charge is 2.35. The number of cyclic esters (lactones) is 1. The highest BCUT2D eigenvalue weighted by Crippen LogP contribution is 2.23. The lowest BCUT2D eigenvalue weighted by molar-refractivity contribution is -0.151. The molecular formula is C24H27N5O6S. The van der Waals surface area contributed by atoms with Crippen molar-refractivity contribution in [2.75, 3.05) is 50.8 Å². The van der Waals surface area contributed by atoms with E-state index in [0.717, 1.165) is 0 Å². The largest absolute Gasteiger partial charge is 0.465 e. The summed E-state index contributed by atoms with van der Waals surface area (Å²) >= 11 is 1.29. The summed E-state index contributed by atoms with van der Waals surface area (Å²) in [7, 11) is 0. The van der Waals surface area contributed by atoms with Gasteiger partial charge in [0.25, 0.3) is 5.91 Å². The third-order valence-corrected chi connectivity index (χ3v) is 6.68. The number of ether oxygens (including phenoxy) is 2. The van der Waals surface area contributed by atoms with Crippen molar-refractivity contribution in [2.45, 2.75) is 13.0 Å². The van der Waals surface area contributed by atoms with E-state index < -0.39 is 18.2 Å². The first-order valence-corrected chi connectivity index (χ1v) is 12.4. The number of thiophene rings is 1. The van der Waals surface area contributed by atoms with Crippen molar-refractivity contribution in [3.63, 3.8) is 0 Å². The van der Waals surface area contributed by atoms with Gasteiger partial charge in [0.05, 0.1) is 24.6 Å². The van der Waals surface area contributed by atoms with Crippen LogP contribution in [-0.4, -0.2) is 91.5 Å². The van der Waals surface area contributed by atoms with Crippen LogP contribution in [0.2, 0.25) is 0 Å². The average Bonchev–Trinajstić information content (AvgIpc) is 3.51. The molecule has 0 saturated carbocycles. The van der Waals surface area contributed by atoms with Gasteiger partial charge in [-0.2, -0.15) is 0 Å². The van der Waals surface area contributed by atoms with E-state index >= 15 is 0 Å². The first-order valence-electron chi connectivity index (χ1n) is 11.5.